The fourth-order valence-corrected chi connectivity index (χ4v) is 4.53. The Labute approximate surface area is 210 Å². The average Bonchev–Trinajstić information content (AvgIpc) is 2.86. The Balaban J connectivity index is 1.37. The number of rotatable bonds is 7. The lowest BCUT2D eigenvalue weighted by atomic mass is 9.96. The molecule has 0 aromatic heterocycles. The molecule has 0 spiro atoms. The first-order valence-electron chi connectivity index (χ1n) is 11.4. The molecule has 1 aliphatic rings. The molecular formula is C27H27Cl2N3O2. The van der Waals surface area contributed by atoms with Crippen molar-refractivity contribution in [2.24, 2.45) is 5.92 Å². The highest BCUT2D eigenvalue weighted by Gasteiger charge is 2.27. The van der Waals surface area contributed by atoms with Gasteiger partial charge in [-0.05, 0) is 54.8 Å². The number of nitrogens with zero attached hydrogens (tertiary/aromatic N) is 1. The molecule has 0 saturated carbocycles. The van der Waals surface area contributed by atoms with E-state index in [1.54, 1.807) is 24.3 Å². The second-order valence-electron chi connectivity index (χ2n) is 8.53. The number of nitrogens with one attached hydrogen (secondary N) is 2. The summed E-state index contributed by atoms with van der Waals surface area (Å²) >= 11 is 12.2. The molecule has 1 aliphatic heterocycles. The molecule has 1 fully saturated rings. The van der Waals surface area contributed by atoms with Crippen LogP contribution in [-0.2, 0) is 17.9 Å². The lowest BCUT2D eigenvalue weighted by Crippen LogP contribution is -2.40. The second kappa shape index (κ2) is 11.5. The third-order valence-corrected chi connectivity index (χ3v) is 6.73. The van der Waals surface area contributed by atoms with Crippen LogP contribution >= 0.6 is 23.2 Å². The van der Waals surface area contributed by atoms with E-state index in [9.17, 15) is 9.59 Å². The summed E-state index contributed by atoms with van der Waals surface area (Å²) in [5.74, 6) is -0.441. The van der Waals surface area contributed by atoms with Gasteiger partial charge in [0.1, 0.15) is 0 Å². The van der Waals surface area contributed by atoms with Crippen molar-refractivity contribution in [1.82, 2.24) is 10.2 Å². The molecule has 3 aromatic carbocycles. The minimum absolute atomic E-state index is 0.0675. The van der Waals surface area contributed by atoms with Gasteiger partial charge >= 0.3 is 0 Å². The van der Waals surface area contributed by atoms with E-state index in [0.717, 1.165) is 30.5 Å². The van der Waals surface area contributed by atoms with Gasteiger partial charge in [0.15, 0.2) is 0 Å². The van der Waals surface area contributed by atoms with Crippen molar-refractivity contribution >= 4 is 40.7 Å². The van der Waals surface area contributed by atoms with Gasteiger partial charge in [0.2, 0.25) is 5.91 Å². The molecule has 3 aromatic rings. The van der Waals surface area contributed by atoms with Crippen molar-refractivity contribution in [3.05, 3.63) is 99.5 Å². The molecule has 0 radical (unpaired) electrons. The number of likely N-dealkylation sites (tertiary alicyclic amines) is 1. The van der Waals surface area contributed by atoms with Crippen LogP contribution in [0.15, 0.2) is 72.8 Å². The van der Waals surface area contributed by atoms with Crippen molar-refractivity contribution in [3.63, 3.8) is 0 Å². The zero-order valence-electron chi connectivity index (χ0n) is 18.8. The third kappa shape index (κ3) is 6.38. The van der Waals surface area contributed by atoms with Crippen LogP contribution in [0, 0.1) is 5.92 Å². The fourth-order valence-electron chi connectivity index (χ4n) is 4.21. The van der Waals surface area contributed by atoms with Gasteiger partial charge in [-0.25, -0.2) is 0 Å². The Kier molecular flexibility index (Phi) is 8.22. The fraction of sp³-hybridized carbons (Fsp3) is 0.259. The Hall–Kier alpha value is -2.86. The average molecular weight is 496 g/mol. The predicted octanol–water partition coefficient (Wildman–Crippen LogP) is 5.77. The van der Waals surface area contributed by atoms with Crippen LogP contribution in [0.25, 0.3) is 0 Å². The third-order valence-electron chi connectivity index (χ3n) is 5.99. The SMILES string of the molecule is O=C(NCc1ccccc1)c1ccccc1NC(=O)C1CCCN(Cc2ccc(Cl)c(Cl)c2)C1. The predicted molar refractivity (Wildman–Crippen MR) is 137 cm³/mol. The number of carbonyl (C=O) groups is 2. The van der Waals surface area contributed by atoms with E-state index in [1.165, 1.54) is 0 Å². The van der Waals surface area contributed by atoms with Gasteiger partial charge in [-0.3, -0.25) is 14.5 Å². The Bertz CT molecular complexity index is 1150. The van der Waals surface area contributed by atoms with Crippen LogP contribution in [0.2, 0.25) is 10.0 Å². The van der Waals surface area contributed by atoms with Crippen molar-refractivity contribution in [3.8, 4) is 0 Å². The van der Waals surface area contributed by atoms with Crippen LogP contribution in [0.4, 0.5) is 5.69 Å². The van der Waals surface area contributed by atoms with E-state index in [4.69, 9.17) is 23.2 Å². The summed E-state index contributed by atoms with van der Waals surface area (Å²) in [6.07, 6.45) is 1.74. The normalized spacial score (nSPS) is 16.1. The number of halogens is 2. The molecule has 2 amide bonds. The Morgan fingerprint density at radius 2 is 1.68 bits per heavy atom. The summed E-state index contributed by atoms with van der Waals surface area (Å²) < 4.78 is 0. The molecule has 4 rings (SSSR count). The summed E-state index contributed by atoms with van der Waals surface area (Å²) in [7, 11) is 0. The van der Waals surface area contributed by atoms with Gasteiger partial charge in [0, 0.05) is 19.6 Å². The lowest BCUT2D eigenvalue weighted by Gasteiger charge is -2.32. The number of amides is 2. The molecule has 1 saturated heterocycles. The summed E-state index contributed by atoms with van der Waals surface area (Å²) in [6.45, 7) is 2.70. The van der Waals surface area contributed by atoms with E-state index in [2.05, 4.69) is 15.5 Å². The van der Waals surface area contributed by atoms with Crippen molar-refractivity contribution in [2.45, 2.75) is 25.9 Å². The quantitative estimate of drug-likeness (QED) is 0.436. The van der Waals surface area contributed by atoms with Gasteiger partial charge in [0.05, 0.1) is 27.2 Å². The number of anilines is 1. The first-order chi connectivity index (χ1) is 16.5. The molecule has 0 bridgehead atoms. The highest BCUT2D eigenvalue weighted by molar-refractivity contribution is 6.42. The largest absolute Gasteiger partial charge is 0.348 e. The van der Waals surface area contributed by atoms with Crippen molar-refractivity contribution in [1.29, 1.82) is 0 Å². The van der Waals surface area contributed by atoms with Crippen LogP contribution in [-0.4, -0.2) is 29.8 Å². The van der Waals surface area contributed by atoms with Crippen LogP contribution in [0.3, 0.4) is 0 Å². The topological polar surface area (TPSA) is 61.4 Å². The summed E-state index contributed by atoms with van der Waals surface area (Å²) in [5.41, 5.74) is 3.06. The molecule has 5 nitrogen and oxygen atoms in total. The van der Waals surface area contributed by atoms with Gasteiger partial charge in [-0.15, -0.1) is 0 Å². The smallest absolute Gasteiger partial charge is 0.253 e. The molecule has 34 heavy (non-hydrogen) atoms. The molecule has 7 heteroatoms. The van der Waals surface area contributed by atoms with E-state index in [-0.39, 0.29) is 17.7 Å². The van der Waals surface area contributed by atoms with Crippen molar-refractivity contribution < 1.29 is 9.59 Å². The number of para-hydroxylation sites is 1. The van der Waals surface area contributed by atoms with E-state index in [0.29, 0.717) is 40.9 Å². The maximum atomic E-state index is 13.1. The Morgan fingerprint density at radius 3 is 2.47 bits per heavy atom. The van der Waals surface area contributed by atoms with Gasteiger partial charge in [-0.2, -0.15) is 0 Å². The van der Waals surface area contributed by atoms with Gasteiger partial charge < -0.3 is 10.6 Å². The first kappa shape index (κ1) is 24.3. The van der Waals surface area contributed by atoms with E-state index < -0.39 is 0 Å². The zero-order chi connectivity index (χ0) is 23.9. The minimum atomic E-state index is -0.218. The van der Waals surface area contributed by atoms with Gasteiger partial charge in [0.25, 0.3) is 5.91 Å². The minimum Gasteiger partial charge on any atom is -0.348 e. The standard InChI is InChI=1S/C27H27Cl2N3O2/c28-23-13-12-20(15-24(23)29)17-32-14-6-9-21(18-32)26(33)31-25-11-5-4-10-22(25)27(34)30-16-19-7-2-1-3-8-19/h1-5,7-8,10-13,15,21H,6,9,14,16-18H2,(H,30,34)(H,31,33). The van der Waals surface area contributed by atoms with E-state index in [1.807, 2.05) is 48.5 Å². The lowest BCUT2D eigenvalue weighted by molar-refractivity contribution is -0.121. The molecule has 1 unspecified atom stereocenters. The first-order valence-corrected chi connectivity index (χ1v) is 12.1. The maximum Gasteiger partial charge on any atom is 0.253 e. The molecule has 0 aliphatic carbocycles. The highest BCUT2D eigenvalue weighted by Crippen LogP contribution is 2.26. The van der Waals surface area contributed by atoms with Crippen LogP contribution < -0.4 is 10.6 Å². The summed E-state index contributed by atoms with van der Waals surface area (Å²) in [5, 5.41) is 7.00. The van der Waals surface area contributed by atoms with Crippen LogP contribution in [0.1, 0.15) is 34.3 Å². The molecule has 1 heterocycles. The molecular weight excluding hydrogens is 469 g/mol. The second-order valence-corrected chi connectivity index (χ2v) is 9.34. The Morgan fingerprint density at radius 1 is 0.912 bits per heavy atom. The van der Waals surface area contributed by atoms with E-state index >= 15 is 0 Å². The summed E-state index contributed by atoms with van der Waals surface area (Å²) in [6, 6.07) is 22.5. The van der Waals surface area contributed by atoms with Crippen molar-refractivity contribution in [2.75, 3.05) is 18.4 Å². The van der Waals surface area contributed by atoms with Gasteiger partial charge in [-0.1, -0.05) is 71.7 Å². The van der Waals surface area contributed by atoms with Crippen LogP contribution in [0.5, 0.6) is 0 Å². The zero-order valence-corrected chi connectivity index (χ0v) is 20.3. The maximum absolute atomic E-state index is 13.1. The number of hydrogen-bond acceptors (Lipinski definition) is 3. The molecule has 2 N–H and O–H groups in total. The molecule has 176 valence electrons. The monoisotopic (exact) mass is 495 g/mol. The molecule has 1 atom stereocenters. The number of piperidine rings is 1. The highest BCUT2D eigenvalue weighted by atomic mass is 35.5. The number of benzene rings is 3. The number of carbonyl (C=O) groups excluding carboxylic acids is 2. The number of hydrogen-bond donors (Lipinski definition) is 2. The summed E-state index contributed by atoms with van der Waals surface area (Å²) in [4.78, 5) is 28.2.